The van der Waals surface area contributed by atoms with E-state index >= 15 is 0 Å². The van der Waals surface area contributed by atoms with Crippen molar-refractivity contribution in [3.05, 3.63) is 24.0 Å². The second-order valence-corrected chi connectivity index (χ2v) is 4.96. The first-order valence-electron chi connectivity index (χ1n) is 7.03. The highest BCUT2D eigenvalue weighted by atomic mass is 16.4. The van der Waals surface area contributed by atoms with Gasteiger partial charge in [0.1, 0.15) is 0 Å². The third kappa shape index (κ3) is 4.42. The number of amides is 2. The number of piperazine rings is 1. The molecule has 1 aromatic rings. The van der Waals surface area contributed by atoms with Crippen molar-refractivity contribution in [1.29, 1.82) is 0 Å². The van der Waals surface area contributed by atoms with Gasteiger partial charge >= 0.3 is 12.0 Å². The minimum Gasteiger partial charge on any atom is -0.481 e. The van der Waals surface area contributed by atoms with Gasteiger partial charge in [-0.2, -0.15) is 0 Å². The van der Waals surface area contributed by atoms with Gasteiger partial charge in [0.05, 0.1) is 24.0 Å². The number of aromatic nitrogens is 1. The lowest BCUT2D eigenvalue weighted by Crippen LogP contribution is -2.49. The van der Waals surface area contributed by atoms with Crippen molar-refractivity contribution in [2.24, 2.45) is 0 Å². The zero-order valence-electron chi connectivity index (χ0n) is 12.1. The number of hydrogen-bond acceptors (Lipinski definition) is 4. The summed E-state index contributed by atoms with van der Waals surface area (Å²) in [6.07, 6.45) is 1.37. The second-order valence-electron chi connectivity index (χ2n) is 4.96. The average molecular weight is 292 g/mol. The Balaban J connectivity index is 1.86. The second kappa shape index (κ2) is 7.03. The smallest absolute Gasteiger partial charge is 0.321 e. The maximum Gasteiger partial charge on any atom is 0.321 e. The zero-order valence-corrected chi connectivity index (χ0v) is 12.1. The van der Waals surface area contributed by atoms with E-state index in [9.17, 15) is 9.59 Å². The number of carboxylic acid groups (broad SMARTS) is 1. The Kier molecular flexibility index (Phi) is 5.10. The molecule has 0 atom stereocenters. The third-order valence-corrected chi connectivity index (χ3v) is 3.52. The summed E-state index contributed by atoms with van der Waals surface area (Å²) in [5, 5.41) is 11.5. The summed E-state index contributed by atoms with van der Waals surface area (Å²) in [6.45, 7) is 6.32. The standard InChI is InChI=1S/C14H20N4O3/c1-2-17-5-7-18(8-6-17)14(21)16-12-4-3-11(15-10-12)9-13(19)20/h3-4,10H,2,5-9H2,1H3,(H,16,21)(H,19,20). The molecule has 114 valence electrons. The minimum atomic E-state index is -0.923. The lowest BCUT2D eigenvalue weighted by atomic mass is 10.2. The molecular weight excluding hydrogens is 272 g/mol. The van der Waals surface area contributed by atoms with E-state index in [1.54, 1.807) is 17.0 Å². The summed E-state index contributed by atoms with van der Waals surface area (Å²) < 4.78 is 0. The van der Waals surface area contributed by atoms with E-state index in [4.69, 9.17) is 5.11 Å². The number of rotatable bonds is 4. The van der Waals surface area contributed by atoms with Gasteiger partial charge in [0.2, 0.25) is 0 Å². The van der Waals surface area contributed by atoms with Crippen LogP contribution in [0.25, 0.3) is 0 Å². The number of nitrogens with zero attached hydrogens (tertiary/aromatic N) is 3. The number of carbonyl (C=O) groups excluding carboxylic acids is 1. The molecule has 0 bridgehead atoms. The molecule has 1 saturated heterocycles. The lowest BCUT2D eigenvalue weighted by molar-refractivity contribution is -0.136. The Morgan fingerprint density at radius 3 is 2.52 bits per heavy atom. The summed E-state index contributed by atoms with van der Waals surface area (Å²) in [7, 11) is 0. The van der Waals surface area contributed by atoms with Gasteiger partial charge in [-0.3, -0.25) is 9.78 Å². The molecule has 2 rings (SSSR count). The number of carboxylic acids is 1. The molecule has 1 aliphatic heterocycles. The van der Waals surface area contributed by atoms with E-state index < -0.39 is 5.97 Å². The van der Waals surface area contributed by atoms with Gasteiger partial charge in [-0.15, -0.1) is 0 Å². The van der Waals surface area contributed by atoms with Crippen molar-refractivity contribution in [2.75, 3.05) is 38.0 Å². The number of aliphatic carboxylic acids is 1. The molecule has 2 amide bonds. The SMILES string of the molecule is CCN1CCN(C(=O)Nc2ccc(CC(=O)O)nc2)CC1. The zero-order chi connectivity index (χ0) is 15.2. The summed E-state index contributed by atoms with van der Waals surface area (Å²) in [5.41, 5.74) is 1.05. The summed E-state index contributed by atoms with van der Waals surface area (Å²) in [4.78, 5) is 30.8. The first-order valence-corrected chi connectivity index (χ1v) is 7.03. The van der Waals surface area contributed by atoms with Crippen LogP contribution in [0.4, 0.5) is 10.5 Å². The number of hydrogen-bond donors (Lipinski definition) is 2. The van der Waals surface area contributed by atoms with Crippen LogP contribution in [0.5, 0.6) is 0 Å². The van der Waals surface area contributed by atoms with E-state index in [2.05, 4.69) is 22.1 Å². The van der Waals surface area contributed by atoms with Gasteiger partial charge in [0.25, 0.3) is 0 Å². The maximum absolute atomic E-state index is 12.1. The van der Waals surface area contributed by atoms with Crippen molar-refractivity contribution in [3.63, 3.8) is 0 Å². The molecule has 0 spiro atoms. The van der Waals surface area contributed by atoms with Crippen molar-refractivity contribution in [1.82, 2.24) is 14.8 Å². The predicted octanol–water partition coefficient (Wildman–Crippen LogP) is 0.878. The van der Waals surface area contributed by atoms with Gasteiger partial charge < -0.3 is 20.2 Å². The first kappa shape index (κ1) is 15.2. The largest absolute Gasteiger partial charge is 0.481 e. The van der Waals surface area contributed by atoms with E-state index in [1.165, 1.54) is 6.20 Å². The minimum absolute atomic E-state index is 0.118. The van der Waals surface area contributed by atoms with Crippen LogP contribution in [0.3, 0.4) is 0 Å². The molecule has 0 radical (unpaired) electrons. The predicted molar refractivity (Wildman–Crippen MR) is 78.3 cm³/mol. The Hall–Kier alpha value is -2.15. The van der Waals surface area contributed by atoms with Crippen LogP contribution >= 0.6 is 0 Å². The Morgan fingerprint density at radius 2 is 2.00 bits per heavy atom. The van der Waals surface area contributed by atoms with Crippen molar-refractivity contribution in [2.45, 2.75) is 13.3 Å². The molecule has 0 aliphatic carbocycles. The van der Waals surface area contributed by atoms with E-state index in [0.29, 0.717) is 24.5 Å². The van der Waals surface area contributed by atoms with Gasteiger partial charge in [0.15, 0.2) is 0 Å². The van der Waals surface area contributed by atoms with Crippen LogP contribution in [0.2, 0.25) is 0 Å². The van der Waals surface area contributed by atoms with Crippen LogP contribution in [0, 0.1) is 0 Å². The fraction of sp³-hybridized carbons (Fsp3) is 0.500. The molecule has 2 heterocycles. The fourth-order valence-electron chi connectivity index (χ4n) is 2.23. The van der Waals surface area contributed by atoms with Crippen LogP contribution < -0.4 is 5.32 Å². The molecule has 0 aromatic carbocycles. The molecule has 7 heteroatoms. The van der Waals surface area contributed by atoms with E-state index in [-0.39, 0.29) is 12.5 Å². The number of carbonyl (C=O) groups is 2. The van der Waals surface area contributed by atoms with E-state index in [1.807, 2.05) is 0 Å². The Morgan fingerprint density at radius 1 is 1.29 bits per heavy atom. The van der Waals surface area contributed by atoms with Crippen molar-refractivity contribution < 1.29 is 14.7 Å². The number of likely N-dealkylation sites (N-methyl/N-ethyl adjacent to an activating group) is 1. The molecule has 7 nitrogen and oxygen atoms in total. The Bertz CT molecular complexity index is 495. The fourth-order valence-corrected chi connectivity index (χ4v) is 2.23. The monoisotopic (exact) mass is 292 g/mol. The van der Waals surface area contributed by atoms with Gasteiger partial charge in [-0.1, -0.05) is 6.92 Å². The highest BCUT2D eigenvalue weighted by Gasteiger charge is 2.20. The topological polar surface area (TPSA) is 85.8 Å². The number of pyridine rings is 1. The maximum atomic E-state index is 12.1. The van der Waals surface area contributed by atoms with Crippen LogP contribution in [-0.4, -0.2) is 64.6 Å². The van der Waals surface area contributed by atoms with Crippen LogP contribution in [-0.2, 0) is 11.2 Å². The van der Waals surface area contributed by atoms with Gasteiger partial charge in [-0.25, -0.2) is 4.79 Å². The highest BCUT2D eigenvalue weighted by molar-refractivity contribution is 5.89. The quantitative estimate of drug-likeness (QED) is 0.860. The van der Waals surface area contributed by atoms with Crippen LogP contribution in [0.1, 0.15) is 12.6 Å². The molecule has 1 fully saturated rings. The molecule has 0 saturated carbocycles. The molecule has 2 N–H and O–H groups in total. The van der Waals surface area contributed by atoms with Crippen LogP contribution in [0.15, 0.2) is 18.3 Å². The summed E-state index contributed by atoms with van der Waals surface area (Å²) in [5.74, 6) is -0.923. The number of urea groups is 1. The van der Waals surface area contributed by atoms with Gasteiger partial charge in [-0.05, 0) is 18.7 Å². The lowest BCUT2D eigenvalue weighted by Gasteiger charge is -2.33. The number of anilines is 1. The van der Waals surface area contributed by atoms with Gasteiger partial charge in [0, 0.05) is 26.2 Å². The normalized spacial score (nSPS) is 15.8. The summed E-state index contributed by atoms with van der Waals surface area (Å²) in [6, 6.07) is 3.14. The first-order chi connectivity index (χ1) is 10.1. The Labute approximate surface area is 123 Å². The molecule has 0 unspecified atom stereocenters. The summed E-state index contributed by atoms with van der Waals surface area (Å²) >= 11 is 0. The van der Waals surface area contributed by atoms with E-state index in [0.717, 1.165) is 19.6 Å². The van der Waals surface area contributed by atoms with Crippen molar-refractivity contribution in [3.8, 4) is 0 Å². The number of nitrogens with one attached hydrogen (secondary N) is 1. The molecule has 1 aliphatic rings. The van der Waals surface area contributed by atoms with Crippen molar-refractivity contribution >= 4 is 17.7 Å². The molecule has 21 heavy (non-hydrogen) atoms. The third-order valence-electron chi connectivity index (χ3n) is 3.52. The average Bonchev–Trinajstić information content (AvgIpc) is 2.49. The highest BCUT2D eigenvalue weighted by Crippen LogP contribution is 2.09. The molecular formula is C14H20N4O3. The molecule has 1 aromatic heterocycles.